The first-order valence-electron chi connectivity index (χ1n) is 5.51. The Morgan fingerprint density at radius 3 is 2.72 bits per heavy atom. The number of halogens is 1. The van der Waals surface area contributed by atoms with Crippen molar-refractivity contribution >= 4 is 21.6 Å². The summed E-state index contributed by atoms with van der Waals surface area (Å²) in [4.78, 5) is 4.22. The van der Waals surface area contributed by atoms with Gasteiger partial charge in [0, 0.05) is 28.4 Å². The van der Waals surface area contributed by atoms with Gasteiger partial charge in [-0.1, -0.05) is 22.0 Å². The first-order chi connectivity index (χ1) is 8.67. The van der Waals surface area contributed by atoms with E-state index in [1.807, 2.05) is 19.1 Å². The highest BCUT2D eigenvalue weighted by atomic mass is 79.9. The Morgan fingerprint density at radius 2 is 2.00 bits per heavy atom. The van der Waals surface area contributed by atoms with Crippen molar-refractivity contribution in [1.82, 2.24) is 4.98 Å². The average Bonchev–Trinajstić information content (AvgIpc) is 2.28. The monoisotopic (exact) mass is 308 g/mol. The van der Waals surface area contributed by atoms with Gasteiger partial charge in [0.15, 0.2) is 0 Å². The Balaban J connectivity index is 2.20. The normalized spacial score (nSPS) is 10.1. The van der Waals surface area contributed by atoms with E-state index in [4.69, 9.17) is 15.2 Å². The number of anilines is 1. The third kappa shape index (κ3) is 3.37. The molecule has 0 saturated heterocycles. The minimum absolute atomic E-state index is 0.471. The number of pyridine rings is 1. The molecule has 0 aliphatic carbocycles. The molecule has 1 heterocycles. The third-order valence-electron chi connectivity index (χ3n) is 2.11. The second kappa shape index (κ2) is 5.73. The Bertz CT molecular complexity index is 526. The minimum atomic E-state index is 0.471. The van der Waals surface area contributed by atoms with Gasteiger partial charge in [-0.25, -0.2) is 0 Å². The van der Waals surface area contributed by atoms with Crippen LogP contribution in [-0.2, 0) is 0 Å². The molecule has 2 N–H and O–H groups in total. The fraction of sp³-hybridized carbons (Fsp3) is 0.154. The summed E-state index contributed by atoms with van der Waals surface area (Å²) in [5.41, 5.74) is 6.36. The lowest BCUT2D eigenvalue weighted by atomic mass is 10.3. The zero-order valence-corrected chi connectivity index (χ0v) is 11.5. The maximum atomic E-state index is 5.74. The number of aromatic nitrogens is 1. The van der Waals surface area contributed by atoms with Gasteiger partial charge in [0.1, 0.15) is 5.75 Å². The predicted octanol–water partition coefficient (Wildman–Crippen LogP) is 3.62. The van der Waals surface area contributed by atoms with E-state index in [-0.39, 0.29) is 0 Å². The summed E-state index contributed by atoms with van der Waals surface area (Å²) < 4.78 is 11.8. The van der Waals surface area contributed by atoms with Gasteiger partial charge in [0.2, 0.25) is 11.8 Å². The molecule has 0 unspecified atom stereocenters. The summed E-state index contributed by atoms with van der Waals surface area (Å²) in [7, 11) is 0. The molecule has 94 valence electrons. The molecular formula is C13H13BrN2O2. The molecule has 1 aromatic heterocycles. The van der Waals surface area contributed by atoms with Crippen molar-refractivity contribution in [2.45, 2.75) is 6.92 Å². The first-order valence-corrected chi connectivity index (χ1v) is 6.30. The van der Waals surface area contributed by atoms with Crippen LogP contribution in [0.1, 0.15) is 6.92 Å². The zero-order chi connectivity index (χ0) is 13.0. The number of hydrogen-bond donors (Lipinski definition) is 1. The summed E-state index contributed by atoms with van der Waals surface area (Å²) in [6.07, 6.45) is 0. The third-order valence-corrected chi connectivity index (χ3v) is 2.56. The molecule has 0 aliphatic rings. The Hall–Kier alpha value is -1.75. The number of nitrogens with zero attached hydrogens (tertiary/aromatic N) is 1. The number of ether oxygens (including phenoxy) is 2. The molecule has 18 heavy (non-hydrogen) atoms. The molecule has 1 aromatic carbocycles. The van der Waals surface area contributed by atoms with Crippen molar-refractivity contribution in [2.75, 3.05) is 12.3 Å². The number of nitrogen functional groups attached to an aromatic ring is 1. The van der Waals surface area contributed by atoms with Gasteiger partial charge in [0.25, 0.3) is 0 Å². The smallest absolute Gasteiger partial charge is 0.222 e. The number of rotatable bonds is 4. The van der Waals surface area contributed by atoms with Crippen LogP contribution in [0.5, 0.6) is 17.5 Å². The van der Waals surface area contributed by atoms with Crippen LogP contribution >= 0.6 is 15.9 Å². The van der Waals surface area contributed by atoms with Gasteiger partial charge in [-0.2, -0.15) is 4.98 Å². The molecule has 2 rings (SSSR count). The Morgan fingerprint density at radius 1 is 1.22 bits per heavy atom. The number of benzene rings is 1. The van der Waals surface area contributed by atoms with E-state index in [1.165, 1.54) is 0 Å². The fourth-order valence-electron chi connectivity index (χ4n) is 1.45. The molecule has 0 radical (unpaired) electrons. The largest absolute Gasteiger partial charge is 0.478 e. The Labute approximate surface area is 114 Å². The predicted molar refractivity (Wildman–Crippen MR) is 74.0 cm³/mol. The fourth-order valence-corrected chi connectivity index (χ4v) is 1.94. The lowest BCUT2D eigenvalue weighted by Gasteiger charge is -2.08. The van der Waals surface area contributed by atoms with E-state index in [2.05, 4.69) is 20.9 Å². The van der Waals surface area contributed by atoms with Crippen molar-refractivity contribution in [3.63, 3.8) is 0 Å². The SMILES string of the molecule is CCOc1cccc(Oc2cc(N)cc(Br)c2)n1. The summed E-state index contributed by atoms with van der Waals surface area (Å²) in [6.45, 7) is 2.48. The van der Waals surface area contributed by atoms with Crippen LogP contribution in [0.25, 0.3) is 0 Å². The first kappa shape index (κ1) is 12.7. The van der Waals surface area contributed by atoms with Crippen molar-refractivity contribution in [2.24, 2.45) is 0 Å². The highest BCUT2D eigenvalue weighted by Crippen LogP contribution is 2.27. The van der Waals surface area contributed by atoms with Crippen LogP contribution in [0.4, 0.5) is 5.69 Å². The number of nitrogens with two attached hydrogens (primary N) is 1. The minimum Gasteiger partial charge on any atom is -0.478 e. The maximum Gasteiger partial charge on any atom is 0.222 e. The van der Waals surface area contributed by atoms with Gasteiger partial charge in [-0.05, 0) is 19.1 Å². The molecule has 0 fully saturated rings. The maximum absolute atomic E-state index is 5.74. The van der Waals surface area contributed by atoms with Crippen LogP contribution in [0.2, 0.25) is 0 Å². The average molecular weight is 309 g/mol. The van der Waals surface area contributed by atoms with Gasteiger partial charge in [-0.3, -0.25) is 0 Å². The van der Waals surface area contributed by atoms with Crippen molar-refractivity contribution < 1.29 is 9.47 Å². The topological polar surface area (TPSA) is 57.4 Å². The number of hydrogen-bond acceptors (Lipinski definition) is 4. The quantitative estimate of drug-likeness (QED) is 0.876. The van der Waals surface area contributed by atoms with Crippen molar-refractivity contribution in [3.05, 3.63) is 40.9 Å². The van der Waals surface area contributed by atoms with Crippen LogP contribution in [0, 0.1) is 0 Å². The molecule has 0 amide bonds. The van der Waals surface area contributed by atoms with Crippen molar-refractivity contribution in [1.29, 1.82) is 0 Å². The van der Waals surface area contributed by atoms with Crippen LogP contribution in [0.15, 0.2) is 40.9 Å². The van der Waals surface area contributed by atoms with Gasteiger partial charge in [0.05, 0.1) is 6.61 Å². The van der Waals surface area contributed by atoms with Crippen LogP contribution in [0.3, 0.4) is 0 Å². The van der Waals surface area contributed by atoms with Gasteiger partial charge < -0.3 is 15.2 Å². The summed E-state index contributed by atoms with van der Waals surface area (Å²) in [5, 5.41) is 0. The van der Waals surface area contributed by atoms with Gasteiger partial charge >= 0.3 is 0 Å². The van der Waals surface area contributed by atoms with Crippen LogP contribution < -0.4 is 15.2 Å². The van der Waals surface area contributed by atoms with E-state index in [9.17, 15) is 0 Å². The molecule has 5 heteroatoms. The summed E-state index contributed by atoms with van der Waals surface area (Å²) in [6, 6.07) is 10.7. The molecule has 0 saturated carbocycles. The highest BCUT2D eigenvalue weighted by molar-refractivity contribution is 9.10. The molecule has 0 aliphatic heterocycles. The van der Waals surface area contributed by atoms with Gasteiger partial charge in [-0.15, -0.1) is 0 Å². The molecule has 0 bridgehead atoms. The molecule has 0 atom stereocenters. The van der Waals surface area contributed by atoms with Crippen molar-refractivity contribution in [3.8, 4) is 17.5 Å². The highest BCUT2D eigenvalue weighted by Gasteiger charge is 2.03. The lowest BCUT2D eigenvalue weighted by Crippen LogP contribution is -1.96. The zero-order valence-electron chi connectivity index (χ0n) is 9.89. The molecule has 2 aromatic rings. The van der Waals surface area contributed by atoms with E-state index in [0.717, 1.165) is 4.47 Å². The Kier molecular flexibility index (Phi) is 4.04. The summed E-state index contributed by atoms with van der Waals surface area (Å²) >= 11 is 3.36. The molecule has 0 spiro atoms. The second-order valence-corrected chi connectivity index (χ2v) is 4.49. The van der Waals surface area contributed by atoms with E-state index in [0.29, 0.717) is 29.8 Å². The van der Waals surface area contributed by atoms with E-state index < -0.39 is 0 Å². The lowest BCUT2D eigenvalue weighted by molar-refractivity contribution is 0.321. The second-order valence-electron chi connectivity index (χ2n) is 3.57. The summed E-state index contributed by atoms with van der Waals surface area (Å²) in [5.74, 6) is 1.64. The molecule has 4 nitrogen and oxygen atoms in total. The van der Waals surface area contributed by atoms with E-state index in [1.54, 1.807) is 24.3 Å². The standard InChI is InChI=1S/C13H13BrN2O2/c1-2-17-12-4-3-5-13(16-12)18-11-7-9(14)6-10(15)8-11/h3-8H,2,15H2,1H3. The van der Waals surface area contributed by atoms with Crippen LogP contribution in [-0.4, -0.2) is 11.6 Å². The van der Waals surface area contributed by atoms with E-state index >= 15 is 0 Å². The molecular weight excluding hydrogens is 296 g/mol.